The molecule has 0 spiro atoms. The van der Waals surface area contributed by atoms with Crippen LogP contribution in [0.2, 0.25) is 0 Å². The van der Waals surface area contributed by atoms with Crippen LogP contribution < -0.4 is 15.0 Å². The summed E-state index contributed by atoms with van der Waals surface area (Å²) in [7, 11) is 1.57. The maximum Gasteiger partial charge on any atom is 0.262 e. The van der Waals surface area contributed by atoms with Crippen LogP contribution in [0.3, 0.4) is 0 Å². The van der Waals surface area contributed by atoms with Crippen LogP contribution in [0.5, 0.6) is 5.75 Å². The second-order valence-corrected chi connectivity index (χ2v) is 6.92. The molecule has 2 aromatic rings. The zero-order chi connectivity index (χ0) is 21.9. The molecule has 0 unspecified atom stereocenters. The van der Waals surface area contributed by atoms with Crippen molar-refractivity contribution >= 4 is 40.0 Å². The summed E-state index contributed by atoms with van der Waals surface area (Å²) in [6.07, 6.45) is 2.07. The molecule has 1 N–H and O–H groups in total. The van der Waals surface area contributed by atoms with Gasteiger partial charge in [-0.15, -0.1) is 11.3 Å². The maximum absolute atomic E-state index is 12.2. The van der Waals surface area contributed by atoms with Crippen molar-refractivity contribution in [3.63, 3.8) is 0 Å². The van der Waals surface area contributed by atoms with Crippen molar-refractivity contribution in [2.24, 2.45) is 0 Å². The molecule has 0 saturated carbocycles. The molecule has 0 aliphatic rings. The number of aromatic nitrogens is 1. The minimum atomic E-state index is -0.470. The summed E-state index contributed by atoms with van der Waals surface area (Å²) < 4.78 is 10.4. The molecule has 1 heterocycles. The number of nitrogens with zero attached hydrogens (tertiary/aromatic N) is 3. The van der Waals surface area contributed by atoms with Gasteiger partial charge in [-0.25, -0.2) is 4.98 Å². The van der Waals surface area contributed by atoms with E-state index in [9.17, 15) is 14.9 Å². The molecule has 2 amide bonds. The number of nitrogens with one attached hydrogen (secondary N) is 1. The third kappa shape index (κ3) is 6.40. The fraction of sp³-hybridized carbons (Fsp3) is 0.333. The van der Waals surface area contributed by atoms with Crippen molar-refractivity contribution in [3.05, 3.63) is 40.9 Å². The number of carbonyl (C=O) groups excluding carboxylic acids is 2. The van der Waals surface area contributed by atoms with Crippen molar-refractivity contribution in [1.29, 1.82) is 5.26 Å². The van der Waals surface area contributed by atoms with Gasteiger partial charge in [-0.05, 0) is 43.7 Å². The third-order valence-electron chi connectivity index (χ3n) is 3.96. The average Bonchev–Trinajstić information content (AvgIpc) is 3.20. The predicted octanol–water partition coefficient (Wildman–Crippen LogP) is 3.29. The molecule has 1 aromatic carbocycles. The fourth-order valence-corrected chi connectivity index (χ4v) is 3.36. The number of anilines is 2. The van der Waals surface area contributed by atoms with Gasteiger partial charge in [-0.3, -0.25) is 14.5 Å². The molecule has 9 heteroatoms. The Kier molecular flexibility index (Phi) is 9.00. The van der Waals surface area contributed by atoms with Gasteiger partial charge < -0.3 is 14.8 Å². The summed E-state index contributed by atoms with van der Waals surface area (Å²) in [5, 5.41) is 14.1. The van der Waals surface area contributed by atoms with Crippen LogP contribution in [0, 0.1) is 11.3 Å². The number of hydrogen-bond donors (Lipinski definition) is 1. The highest BCUT2D eigenvalue weighted by molar-refractivity contribution is 7.14. The van der Waals surface area contributed by atoms with Gasteiger partial charge in [0.05, 0.1) is 18.5 Å². The minimum absolute atomic E-state index is 0.0536. The number of methoxy groups -OCH3 is 1. The van der Waals surface area contributed by atoms with Gasteiger partial charge in [-0.2, -0.15) is 5.26 Å². The van der Waals surface area contributed by atoms with E-state index in [1.165, 1.54) is 29.2 Å². The lowest BCUT2D eigenvalue weighted by atomic mass is 10.2. The molecule has 0 fully saturated rings. The largest absolute Gasteiger partial charge is 0.497 e. The van der Waals surface area contributed by atoms with E-state index in [0.29, 0.717) is 48.4 Å². The first-order valence-electron chi connectivity index (χ1n) is 9.38. The summed E-state index contributed by atoms with van der Waals surface area (Å²) >= 11 is 1.24. The van der Waals surface area contributed by atoms with Crippen LogP contribution in [0.1, 0.15) is 26.0 Å². The van der Waals surface area contributed by atoms with Gasteiger partial charge in [0.2, 0.25) is 5.91 Å². The topological polar surface area (TPSA) is 105 Å². The smallest absolute Gasteiger partial charge is 0.262 e. The summed E-state index contributed by atoms with van der Waals surface area (Å²) in [4.78, 5) is 30.3. The van der Waals surface area contributed by atoms with Crippen molar-refractivity contribution in [1.82, 2.24) is 10.3 Å². The molecular formula is C21H24N4O4S. The Morgan fingerprint density at radius 3 is 2.67 bits per heavy atom. The minimum Gasteiger partial charge on any atom is -0.497 e. The van der Waals surface area contributed by atoms with E-state index in [-0.39, 0.29) is 11.5 Å². The van der Waals surface area contributed by atoms with Crippen LogP contribution in [0.15, 0.2) is 35.2 Å². The molecule has 158 valence electrons. The van der Waals surface area contributed by atoms with E-state index < -0.39 is 5.91 Å². The van der Waals surface area contributed by atoms with Gasteiger partial charge in [0.25, 0.3) is 5.91 Å². The van der Waals surface area contributed by atoms with Crippen LogP contribution in [0.25, 0.3) is 6.08 Å². The number of carbonyl (C=O) groups is 2. The zero-order valence-corrected chi connectivity index (χ0v) is 18.0. The first kappa shape index (κ1) is 23.1. The molecule has 0 aliphatic carbocycles. The van der Waals surface area contributed by atoms with Crippen molar-refractivity contribution in [3.8, 4) is 11.8 Å². The Bertz CT molecular complexity index is 931. The zero-order valence-electron chi connectivity index (χ0n) is 17.2. The van der Waals surface area contributed by atoms with Crippen LogP contribution in [0.4, 0.5) is 10.8 Å². The maximum atomic E-state index is 12.2. The van der Waals surface area contributed by atoms with Crippen LogP contribution in [-0.2, 0) is 14.3 Å². The first-order chi connectivity index (χ1) is 14.5. The second-order valence-electron chi connectivity index (χ2n) is 6.08. The summed E-state index contributed by atoms with van der Waals surface area (Å²) in [6, 6.07) is 8.92. The summed E-state index contributed by atoms with van der Waals surface area (Å²) in [5.74, 6) is -0.00401. The SMILES string of the molecule is CCOCCCNC(=O)C(C#N)=Cc1csc(N(C(C)=O)c2ccc(OC)cc2)n1. The number of rotatable bonds is 10. The average molecular weight is 429 g/mol. The quantitative estimate of drug-likeness (QED) is 0.354. The number of ether oxygens (including phenoxy) is 2. The monoisotopic (exact) mass is 428 g/mol. The van der Waals surface area contributed by atoms with Gasteiger partial charge >= 0.3 is 0 Å². The number of benzene rings is 1. The molecule has 30 heavy (non-hydrogen) atoms. The van der Waals surface area contributed by atoms with Gasteiger partial charge in [-0.1, -0.05) is 0 Å². The highest BCUT2D eigenvalue weighted by Crippen LogP contribution is 2.30. The van der Waals surface area contributed by atoms with E-state index in [1.54, 1.807) is 36.8 Å². The Hall–Kier alpha value is -3.22. The molecule has 8 nitrogen and oxygen atoms in total. The molecule has 0 bridgehead atoms. The molecule has 0 aliphatic heterocycles. The third-order valence-corrected chi connectivity index (χ3v) is 4.80. The van der Waals surface area contributed by atoms with Gasteiger partial charge in [0.15, 0.2) is 5.13 Å². The first-order valence-corrected chi connectivity index (χ1v) is 10.3. The Morgan fingerprint density at radius 1 is 1.33 bits per heavy atom. The Morgan fingerprint density at radius 2 is 2.07 bits per heavy atom. The molecule has 0 radical (unpaired) electrons. The van der Waals surface area contributed by atoms with Gasteiger partial charge in [0.1, 0.15) is 17.4 Å². The lowest BCUT2D eigenvalue weighted by Gasteiger charge is -2.18. The highest BCUT2D eigenvalue weighted by atomic mass is 32.1. The number of hydrogen-bond acceptors (Lipinski definition) is 7. The van der Waals surface area contributed by atoms with E-state index in [1.807, 2.05) is 13.0 Å². The fourth-order valence-electron chi connectivity index (χ4n) is 2.52. The lowest BCUT2D eigenvalue weighted by molar-refractivity contribution is -0.117. The standard InChI is InChI=1S/C21H24N4O4S/c1-4-29-11-5-10-23-20(27)16(13-22)12-17-14-30-21(24-17)25(15(2)26)18-6-8-19(28-3)9-7-18/h6-9,12,14H,4-5,10-11H2,1-3H3,(H,23,27). The van der Waals surface area contributed by atoms with Crippen molar-refractivity contribution in [2.75, 3.05) is 31.8 Å². The van der Waals surface area contributed by atoms with E-state index >= 15 is 0 Å². The molecule has 0 atom stereocenters. The number of amides is 2. The lowest BCUT2D eigenvalue weighted by Crippen LogP contribution is -2.26. The van der Waals surface area contributed by atoms with E-state index in [0.717, 1.165) is 0 Å². The van der Waals surface area contributed by atoms with E-state index in [4.69, 9.17) is 9.47 Å². The van der Waals surface area contributed by atoms with E-state index in [2.05, 4.69) is 10.3 Å². The predicted molar refractivity (Wildman–Crippen MR) is 116 cm³/mol. The number of thiazole rings is 1. The summed E-state index contributed by atoms with van der Waals surface area (Å²) in [6.45, 7) is 4.92. The summed E-state index contributed by atoms with van der Waals surface area (Å²) in [5.41, 5.74) is 1.01. The Balaban J connectivity index is 2.14. The van der Waals surface area contributed by atoms with Gasteiger partial charge in [0, 0.05) is 32.1 Å². The molecule has 2 rings (SSSR count). The van der Waals surface area contributed by atoms with Crippen molar-refractivity contribution in [2.45, 2.75) is 20.3 Å². The second kappa shape index (κ2) is 11.7. The van der Waals surface area contributed by atoms with Crippen LogP contribution >= 0.6 is 11.3 Å². The molecular weight excluding hydrogens is 404 g/mol. The molecule has 0 saturated heterocycles. The van der Waals surface area contributed by atoms with Crippen molar-refractivity contribution < 1.29 is 19.1 Å². The number of nitriles is 1. The normalized spacial score (nSPS) is 10.9. The highest BCUT2D eigenvalue weighted by Gasteiger charge is 2.18. The Labute approximate surface area is 179 Å². The molecule has 1 aromatic heterocycles. The van der Waals surface area contributed by atoms with Crippen LogP contribution in [-0.4, -0.2) is 43.7 Å².